The third kappa shape index (κ3) is 5.85. The largest absolute Gasteiger partial charge is 0.322 e. The number of sulfonamides is 1. The molecule has 0 radical (unpaired) electrons. The van der Waals surface area contributed by atoms with Crippen LogP contribution in [0, 0.1) is 0 Å². The number of carbonyl (C=O) groups is 1. The van der Waals surface area contributed by atoms with Gasteiger partial charge in [-0.05, 0) is 55.0 Å². The quantitative estimate of drug-likeness (QED) is 0.678. The van der Waals surface area contributed by atoms with Crippen molar-refractivity contribution in [2.45, 2.75) is 31.1 Å². The zero-order valence-electron chi connectivity index (χ0n) is 14.0. The number of anilines is 1. The van der Waals surface area contributed by atoms with Crippen LogP contribution in [0.1, 0.15) is 36.5 Å². The Morgan fingerprint density at radius 1 is 1.00 bits per heavy atom. The van der Waals surface area contributed by atoms with E-state index < -0.39 is 10.0 Å². The Morgan fingerprint density at radius 2 is 1.64 bits per heavy atom. The maximum absolute atomic E-state index is 12.2. The summed E-state index contributed by atoms with van der Waals surface area (Å²) >= 11 is 5.80. The van der Waals surface area contributed by atoms with Gasteiger partial charge in [0.15, 0.2) is 0 Å². The lowest BCUT2D eigenvalue weighted by Crippen LogP contribution is -2.24. The molecule has 2 aromatic carbocycles. The highest BCUT2D eigenvalue weighted by molar-refractivity contribution is 7.89. The highest BCUT2D eigenvalue weighted by atomic mass is 35.5. The van der Waals surface area contributed by atoms with E-state index in [1.165, 1.54) is 24.3 Å². The molecule has 0 atom stereocenters. The fourth-order valence-electron chi connectivity index (χ4n) is 2.19. The normalized spacial score (nSPS) is 11.3. The summed E-state index contributed by atoms with van der Waals surface area (Å²) in [6.07, 6.45) is 2.81. The number of halogens is 1. The van der Waals surface area contributed by atoms with E-state index in [1.807, 2.05) is 0 Å². The van der Waals surface area contributed by atoms with Crippen LogP contribution >= 0.6 is 11.6 Å². The molecule has 2 aromatic rings. The molecule has 2 rings (SSSR count). The molecule has 0 saturated heterocycles. The van der Waals surface area contributed by atoms with Crippen molar-refractivity contribution in [3.63, 3.8) is 0 Å². The molecule has 0 aromatic heterocycles. The minimum Gasteiger partial charge on any atom is -0.322 e. The van der Waals surface area contributed by atoms with Gasteiger partial charge >= 0.3 is 0 Å². The lowest BCUT2D eigenvalue weighted by molar-refractivity contribution is 0.102. The predicted molar refractivity (Wildman–Crippen MR) is 101 cm³/mol. The molecule has 0 fully saturated rings. The second-order valence-electron chi connectivity index (χ2n) is 5.59. The summed E-state index contributed by atoms with van der Waals surface area (Å²) in [7, 11) is -3.54. The zero-order chi connectivity index (χ0) is 18.3. The summed E-state index contributed by atoms with van der Waals surface area (Å²) in [6, 6.07) is 12.6. The fraction of sp³-hybridized carbons (Fsp3) is 0.278. The van der Waals surface area contributed by atoms with Crippen molar-refractivity contribution < 1.29 is 13.2 Å². The van der Waals surface area contributed by atoms with Crippen molar-refractivity contribution in [1.29, 1.82) is 0 Å². The molecular weight excluding hydrogens is 360 g/mol. The summed E-state index contributed by atoms with van der Waals surface area (Å²) in [5, 5.41) is 3.31. The average molecular weight is 381 g/mol. The molecule has 0 heterocycles. The molecule has 0 bridgehead atoms. The van der Waals surface area contributed by atoms with Crippen LogP contribution in [0.15, 0.2) is 53.4 Å². The Balaban J connectivity index is 2.00. The third-order valence-electron chi connectivity index (χ3n) is 3.60. The lowest BCUT2D eigenvalue weighted by Gasteiger charge is -2.08. The topological polar surface area (TPSA) is 75.3 Å². The van der Waals surface area contributed by atoms with E-state index in [9.17, 15) is 13.2 Å². The Hall–Kier alpha value is -1.89. The smallest absolute Gasteiger partial charge is 0.255 e. The van der Waals surface area contributed by atoms with E-state index in [0.717, 1.165) is 19.3 Å². The summed E-state index contributed by atoms with van der Waals surface area (Å²) in [5.74, 6) is -0.317. The predicted octanol–water partition coefficient (Wildman–Crippen LogP) is 4.06. The molecule has 25 heavy (non-hydrogen) atoms. The van der Waals surface area contributed by atoms with Crippen LogP contribution in [0.5, 0.6) is 0 Å². The molecule has 0 aliphatic carbocycles. The van der Waals surface area contributed by atoms with Gasteiger partial charge < -0.3 is 5.32 Å². The first-order valence-corrected chi connectivity index (χ1v) is 9.95. The zero-order valence-corrected chi connectivity index (χ0v) is 15.5. The van der Waals surface area contributed by atoms with Crippen LogP contribution in [0.4, 0.5) is 5.69 Å². The number of hydrogen-bond donors (Lipinski definition) is 2. The molecule has 0 aliphatic heterocycles. The minimum atomic E-state index is -3.54. The molecule has 0 aliphatic rings. The van der Waals surface area contributed by atoms with E-state index in [0.29, 0.717) is 22.8 Å². The van der Waals surface area contributed by atoms with Gasteiger partial charge in [0.2, 0.25) is 10.0 Å². The third-order valence-corrected chi connectivity index (χ3v) is 5.33. The second kappa shape index (κ2) is 8.99. The second-order valence-corrected chi connectivity index (χ2v) is 7.79. The van der Waals surface area contributed by atoms with Gasteiger partial charge in [-0.2, -0.15) is 0 Å². The molecule has 0 unspecified atom stereocenters. The maximum Gasteiger partial charge on any atom is 0.255 e. The van der Waals surface area contributed by atoms with Gasteiger partial charge in [-0.3, -0.25) is 4.79 Å². The van der Waals surface area contributed by atoms with Crippen LogP contribution in [0.2, 0.25) is 5.02 Å². The SMILES string of the molecule is CCCCCNS(=O)(=O)c1ccc(C(=O)Nc2ccc(Cl)cc2)cc1. The Labute approximate surface area is 153 Å². The monoisotopic (exact) mass is 380 g/mol. The number of hydrogen-bond acceptors (Lipinski definition) is 3. The van der Waals surface area contributed by atoms with Crippen molar-refractivity contribution in [2.24, 2.45) is 0 Å². The highest BCUT2D eigenvalue weighted by Gasteiger charge is 2.14. The van der Waals surface area contributed by atoms with Gasteiger partial charge in [0, 0.05) is 22.8 Å². The molecule has 134 valence electrons. The minimum absolute atomic E-state index is 0.145. The maximum atomic E-state index is 12.2. The van der Waals surface area contributed by atoms with Gasteiger partial charge in [0.05, 0.1) is 4.90 Å². The van der Waals surface area contributed by atoms with Crippen molar-refractivity contribution in [3.05, 3.63) is 59.1 Å². The van der Waals surface area contributed by atoms with Crippen LogP contribution < -0.4 is 10.0 Å². The molecule has 1 amide bonds. The summed E-state index contributed by atoms with van der Waals surface area (Å²) in [5.41, 5.74) is 0.989. The van der Waals surface area contributed by atoms with E-state index in [4.69, 9.17) is 11.6 Å². The van der Waals surface area contributed by atoms with Crippen LogP contribution in [-0.4, -0.2) is 20.9 Å². The standard InChI is InChI=1S/C18H21ClN2O3S/c1-2-3-4-13-20-25(23,24)17-11-5-14(6-12-17)18(22)21-16-9-7-15(19)8-10-16/h5-12,20H,2-4,13H2,1H3,(H,21,22). The average Bonchev–Trinajstić information content (AvgIpc) is 2.61. The highest BCUT2D eigenvalue weighted by Crippen LogP contribution is 2.16. The van der Waals surface area contributed by atoms with E-state index in [1.54, 1.807) is 24.3 Å². The van der Waals surface area contributed by atoms with Crippen molar-refractivity contribution in [1.82, 2.24) is 4.72 Å². The lowest BCUT2D eigenvalue weighted by atomic mass is 10.2. The van der Waals surface area contributed by atoms with Crippen molar-refractivity contribution >= 4 is 33.2 Å². The summed E-state index contributed by atoms with van der Waals surface area (Å²) < 4.78 is 26.9. The van der Waals surface area contributed by atoms with Crippen molar-refractivity contribution in [2.75, 3.05) is 11.9 Å². The number of benzene rings is 2. The van der Waals surface area contributed by atoms with Gasteiger partial charge in [0.1, 0.15) is 0 Å². The first kappa shape index (κ1) is 19.4. The molecule has 7 heteroatoms. The van der Waals surface area contributed by atoms with Crippen LogP contribution in [-0.2, 0) is 10.0 Å². The Bertz CT molecular complexity index is 803. The number of amides is 1. The number of nitrogens with one attached hydrogen (secondary N) is 2. The van der Waals surface area contributed by atoms with Gasteiger partial charge in [-0.25, -0.2) is 13.1 Å². The van der Waals surface area contributed by atoms with E-state index in [2.05, 4.69) is 17.0 Å². The first-order chi connectivity index (χ1) is 11.9. The van der Waals surface area contributed by atoms with Gasteiger partial charge in [-0.1, -0.05) is 31.4 Å². The van der Waals surface area contributed by atoms with Crippen LogP contribution in [0.3, 0.4) is 0 Å². The molecule has 2 N–H and O–H groups in total. The van der Waals surface area contributed by atoms with Gasteiger partial charge in [0.25, 0.3) is 5.91 Å². The summed E-state index contributed by atoms with van der Waals surface area (Å²) in [4.78, 5) is 12.3. The van der Waals surface area contributed by atoms with Gasteiger partial charge in [-0.15, -0.1) is 0 Å². The van der Waals surface area contributed by atoms with Crippen LogP contribution in [0.25, 0.3) is 0 Å². The van der Waals surface area contributed by atoms with E-state index >= 15 is 0 Å². The molecular formula is C18H21ClN2O3S. The first-order valence-electron chi connectivity index (χ1n) is 8.09. The molecule has 0 saturated carbocycles. The number of rotatable bonds is 8. The van der Waals surface area contributed by atoms with Crippen molar-refractivity contribution in [3.8, 4) is 0 Å². The Kier molecular flexibility index (Phi) is 6.99. The van der Waals surface area contributed by atoms with E-state index in [-0.39, 0.29) is 10.8 Å². The summed E-state index contributed by atoms with van der Waals surface area (Å²) in [6.45, 7) is 2.47. The number of unbranched alkanes of at least 4 members (excludes halogenated alkanes) is 2. The number of carbonyl (C=O) groups excluding carboxylic acids is 1. The Morgan fingerprint density at radius 3 is 2.24 bits per heavy atom. The molecule has 0 spiro atoms. The fourth-order valence-corrected chi connectivity index (χ4v) is 3.39. The molecule has 5 nitrogen and oxygen atoms in total.